The second-order valence-corrected chi connectivity index (χ2v) is 8.30. The van der Waals surface area contributed by atoms with Gasteiger partial charge in [-0.2, -0.15) is 0 Å². The van der Waals surface area contributed by atoms with Crippen LogP contribution in [-0.2, 0) is 16.1 Å². The Morgan fingerprint density at radius 2 is 1.70 bits per heavy atom. The van der Waals surface area contributed by atoms with Crippen LogP contribution < -0.4 is 0 Å². The summed E-state index contributed by atoms with van der Waals surface area (Å²) < 4.78 is 5.47. The Bertz CT molecular complexity index is 595. The molecule has 0 saturated carbocycles. The first-order valence-corrected chi connectivity index (χ1v) is 10.7. The van der Waals surface area contributed by atoms with Gasteiger partial charge < -0.3 is 9.64 Å². The molecular weight excluding hydrogens is 338 g/mol. The van der Waals surface area contributed by atoms with E-state index in [4.69, 9.17) is 4.74 Å². The van der Waals surface area contributed by atoms with E-state index in [1.54, 1.807) is 0 Å². The fourth-order valence-electron chi connectivity index (χ4n) is 4.77. The highest BCUT2D eigenvalue weighted by Crippen LogP contribution is 2.23. The Morgan fingerprint density at radius 3 is 2.44 bits per heavy atom. The van der Waals surface area contributed by atoms with Crippen molar-refractivity contribution in [3.05, 3.63) is 35.9 Å². The predicted molar refractivity (Wildman–Crippen MR) is 106 cm³/mol. The molecule has 0 aliphatic carbocycles. The zero-order chi connectivity index (χ0) is 18.5. The molecule has 3 aliphatic heterocycles. The van der Waals surface area contributed by atoms with Gasteiger partial charge in [-0.15, -0.1) is 0 Å². The molecule has 0 bridgehead atoms. The molecule has 1 aromatic rings. The van der Waals surface area contributed by atoms with Gasteiger partial charge in [0.1, 0.15) is 0 Å². The number of likely N-dealkylation sites (tertiary alicyclic amines) is 1. The van der Waals surface area contributed by atoms with Crippen LogP contribution in [0.2, 0.25) is 0 Å². The molecule has 0 N–H and O–H groups in total. The molecule has 3 saturated heterocycles. The fourth-order valence-corrected chi connectivity index (χ4v) is 4.77. The third-order valence-corrected chi connectivity index (χ3v) is 6.42. The molecule has 1 unspecified atom stereocenters. The minimum absolute atomic E-state index is 0.0762. The van der Waals surface area contributed by atoms with Crippen LogP contribution >= 0.6 is 0 Å². The number of ether oxygens (including phenoxy) is 1. The van der Waals surface area contributed by atoms with Crippen LogP contribution in [0.1, 0.15) is 31.2 Å². The molecule has 3 fully saturated rings. The van der Waals surface area contributed by atoms with Crippen LogP contribution in [0.5, 0.6) is 0 Å². The lowest BCUT2D eigenvalue weighted by molar-refractivity contribution is -0.138. The SMILES string of the molecule is O=C(C1CCCN1Cc1ccccc1)N1CCN(CC2CCOCC2)CC1. The van der Waals surface area contributed by atoms with E-state index in [0.29, 0.717) is 5.91 Å². The van der Waals surface area contributed by atoms with Crippen molar-refractivity contribution in [1.82, 2.24) is 14.7 Å². The number of hydrogen-bond acceptors (Lipinski definition) is 4. The number of piperazine rings is 1. The number of nitrogens with zero attached hydrogens (tertiary/aromatic N) is 3. The minimum Gasteiger partial charge on any atom is -0.381 e. The lowest BCUT2D eigenvalue weighted by atomic mass is 9.99. The lowest BCUT2D eigenvalue weighted by Crippen LogP contribution is -2.54. The summed E-state index contributed by atoms with van der Waals surface area (Å²) in [5.74, 6) is 1.13. The number of carbonyl (C=O) groups is 1. The zero-order valence-electron chi connectivity index (χ0n) is 16.4. The summed E-state index contributed by atoms with van der Waals surface area (Å²) in [5, 5.41) is 0. The van der Waals surface area contributed by atoms with Gasteiger partial charge in [0.15, 0.2) is 0 Å². The molecule has 3 heterocycles. The van der Waals surface area contributed by atoms with Crippen molar-refractivity contribution in [2.24, 2.45) is 5.92 Å². The largest absolute Gasteiger partial charge is 0.381 e. The smallest absolute Gasteiger partial charge is 0.240 e. The fraction of sp³-hybridized carbons (Fsp3) is 0.682. The predicted octanol–water partition coefficient (Wildman–Crippen LogP) is 2.22. The summed E-state index contributed by atoms with van der Waals surface area (Å²) in [4.78, 5) is 20.2. The first kappa shape index (κ1) is 18.9. The van der Waals surface area contributed by atoms with Crippen molar-refractivity contribution in [2.45, 2.75) is 38.3 Å². The number of benzene rings is 1. The number of amides is 1. The maximum Gasteiger partial charge on any atom is 0.240 e. The summed E-state index contributed by atoms with van der Waals surface area (Å²) >= 11 is 0. The van der Waals surface area contributed by atoms with Crippen molar-refractivity contribution < 1.29 is 9.53 Å². The van der Waals surface area contributed by atoms with Gasteiger partial charge in [0, 0.05) is 52.5 Å². The van der Waals surface area contributed by atoms with Crippen molar-refractivity contribution >= 4 is 5.91 Å². The Balaban J connectivity index is 1.27. The molecule has 3 aliphatic rings. The maximum absolute atomic E-state index is 13.1. The molecule has 0 spiro atoms. The van der Waals surface area contributed by atoms with Gasteiger partial charge in [0.2, 0.25) is 5.91 Å². The Morgan fingerprint density at radius 1 is 0.963 bits per heavy atom. The van der Waals surface area contributed by atoms with Gasteiger partial charge >= 0.3 is 0 Å². The second-order valence-electron chi connectivity index (χ2n) is 8.30. The first-order chi connectivity index (χ1) is 13.3. The van der Waals surface area contributed by atoms with E-state index in [1.165, 1.54) is 24.9 Å². The van der Waals surface area contributed by atoms with E-state index >= 15 is 0 Å². The first-order valence-electron chi connectivity index (χ1n) is 10.7. The van der Waals surface area contributed by atoms with Gasteiger partial charge in [0.25, 0.3) is 0 Å². The van der Waals surface area contributed by atoms with Crippen molar-refractivity contribution in [3.63, 3.8) is 0 Å². The van der Waals surface area contributed by atoms with Crippen molar-refractivity contribution in [2.75, 3.05) is 52.5 Å². The van der Waals surface area contributed by atoms with E-state index < -0.39 is 0 Å². The zero-order valence-corrected chi connectivity index (χ0v) is 16.4. The minimum atomic E-state index is 0.0762. The van der Waals surface area contributed by atoms with E-state index in [9.17, 15) is 4.79 Å². The topological polar surface area (TPSA) is 36.0 Å². The van der Waals surface area contributed by atoms with Gasteiger partial charge in [-0.05, 0) is 43.7 Å². The van der Waals surface area contributed by atoms with Crippen LogP contribution in [0.4, 0.5) is 0 Å². The molecule has 1 aromatic carbocycles. The molecule has 0 aromatic heterocycles. The maximum atomic E-state index is 13.1. The Hall–Kier alpha value is -1.43. The number of rotatable bonds is 5. The lowest BCUT2D eigenvalue weighted by Gasteiger charge is -2.39. The van der Waals surface area contributed by atoms with E-state index in [2.05, 4.69) is 45.0 Å². The van der Waals surface area contributed by atoms with Gasteiger partial charge in [0.05, 0.1) is 6.04 Å². The van der Waals surface area contributed by atoms with Crippen LogP contribution in [0.25, 0.3) is 0 Å². The highest BCUT2D eigenvalue weighted by Gasteiger charge is 2.35. The third-order valence-electron chi connectivity index (χ3n) is 6.42. The summed E-state index contributed by atoms with van der Waals surface area (Å²) in [6.07, 6.45) is 4.52. The summed E-state index contributed by atoms with van der Waals surface area (Å²) in [7, 11) is 0. The Kier molecular flexibility index (Phi) is 6.43. The molecular formula is C22H33N3O2. The van der Waals surface area contributed by atoms with Crippen molar-refractivity contribution in [3.8, 4) is 0 Å². The average Bonchev–Trinajstić information content (AvgIpc) is 3.18. The van der Waals surface area contributed by atoms with Crippen LogP contribution in [0.3, 0.4) is 0 Å². The standard InChI is InChI=1S/C22H33N3O2/c26-22(21-7-4-10-25(21)18-19-5-2-1-3-6-19)24-13-11-23(12-14-24)17-20-8-15-27-16-9-20/h1-3,5-6,20-21H,4,7-18H2. The van der Waals surface area contributed by atoms with Gasteiger partial charge in [-0.25, -0.2) is 0 Å². The molecule has 1 atom stereocenters. The molecule has 4 rings (SSSR count). The van der Waals surface area contributed by atoms with Gasteiger partial charge in [-0.3, -0.25) is 14.6 Å². The normalized spacial score (nSPS) is 25.8. The quantitative estimate of drug-likeness (QED) is 0.795. The van der Waals surface area contributed by atoms with Gasteiger partial charge in [-0.1, -0.05) is 30.3 Å². The number of hydrogen-bond donors (Lipinski definition) is 0. The summed E-state index contributed by atoms with van der Waals surface area (Å²) in [5.41, 5.74) is 1.30. The van der Waals surface area contributed by atoms with Crippen LogP contribution in [0.15, 0.2) is 30.3 Å². The monoisotopic (exact) mass is 371 g/mol. The molecule has 27 heavy (non-hydrogen) atoms. The molecule has 5 heteroatoms. The highest BCUT2D eigenvalue weighted by molar-refractivity contribution is 5.82. The molecule has 1 amide bonds. The average molecular weight is 372 g/mol. The Labute approximate surface area is 163 Å². The van der Waals surface area contributed by atoms with Crippen LogP contribution in [0, 0.1) is 5.92 Å². The highest BCUT2D eigenvalue weighted by atomic mass is 16.5. The van der Waals surface area contributed by atoms with Crippen LogP contribution in [-0.4, -0.2) is 79.1 Å². The van der Waals surface area contributed by atoms with E-state index in [0.717, 1.165) is 71.2 Å². The second kappa shape index (κ2) is 9.18. The third kappa shape index (κ3) is 4.89. The molecule has 0 radical (unpaired) electrons. The van der Waals surface area contributed by atoms with E-state index in [-0.39, 0.29) is 6.04 Å². The molecule has 148 valence electrons. The molecule has 5 nitrogen and oxygen atoms in total. The van der Waals surface area contributed by atoms with E-state index in [1.807, 2.05) is 0 Å². The summed E-state index contributed by atoms with van der Waals surface area (Å²) in [6, 6.07) is 10.6. The van der Waals surface area contributed by atoms with Crippen molar-refractivity contribution in [1.29, 1.82) is 0 Å². The summed E-state index contributed by atoms with van der Waals surface area (Å²) in [6.45, 7) is 8.76. The number of carbonyl (C=O) groups excluding carboxylic acids is 1.